The molecule has 0 spiro atoms. The summed E-state index contributed by atoms with van der Waals surface area (Å²) >= 11 is 0. The Labute approximate surface area is 147 Å². The third-order valence-corrected chi connectivity index (χ3v) is 5.35. The maximum absolute atomic E-state index is 12.7. The number of piperidine rings is 1. The SMILES string of the molecule is CCCn1nnnc1CN1CCCC(C2(C)NC(=O)N(CC)C2=O)C1. The first-order valence-electron chi connectivity index (χ1n) is 9.11. The normalized spacial score (nSPS) is 27.8. The highest BCUT2D eigenvalue weighted by Crippen LogP contribution is 2.32. The second kappa shape index (κ2) is 7.07. The van der Waals surface area contributed by atoms with Crippen molar-refractivity contribution in [3.05, 3.63) is 5.82 Å². The lowest BCUT2D eigenvalue weighted by molar-refractivity contribution is -0.133. The molecule has 2 unspecified atom stereocenters. The van der Waals surface area contributed by atoms with E-state index in [9.17, 15) is 9.59 Å². The number of carbonyl (C=O) groups is 2. The number of urea groups is 1. The standard InChI is InChI=1S/C16H27N7O2/c1-4-8-23-13(18-19-20-23)11-21-9-6-7-12(10-21)16(3)14(24)22(5-2)15(25)17-16/h12H,4-11H2,1-3H3,(H,17,25). The van der Waals surface area contributed by atoms with Crippen LogP contribution >= 0.6 is 0 Å². The van der Waals surface area contributed by atoms with Gasteiger partial charge >= 0.3 is 6.03 Å². The first-order valence-corrected chi connectivity index (χ1v) is 9.11. The number of tetrazole rings is 1. The number of hydrogen-bond acceptors (Lipinski definition) is 6. The molecule has 0 radical (unpaired) electrons. The summed E-state index contributed by atoms with van der Waals surface area (Å²) in [6.07, 6.45) is 2.90. The maximum Gasteiger partial charge on any atom is 0.325 e. The highest BCUT2D eigenvalue weighted by atomic mass is 16.2. The van der Waals surface area contributed by atoms with Gasteiger partial charge in [-0.2, -0.15) is 0 Å². The molecule has 3 amide bonds. The van der Waals surface area contributed by atoms with Gasteiger partial charge in [0.2, 0.25) is 0 Å². The van der Waals surface area contributed by atoms with E-state index in [0.717, 1.165) is 44.7 Å². The molecule has 3 heterocycles. The van der Waals surface area contributed by atoms with Gasteiger partial charge in [-0.05, 0) is 50.1 Å². The molecule has 2 atom stereocenters. The molecule has 1 N–H and O–H groups in total. The molecule has 9 heteroatoms. The summed E-state index contributed by atoms with van der Waals surface area (Å²) in [5, 5.41) is 14.9. The van der Waals surface area contributed by atoms with Crippen LogP contribution in [0.1, 0.15) is 45.9 Å². The number of likely N-dealkylation sites (N-methyl/N-ethyl adjacent to an activating group) is 1. The van der Waals surface area contributed by atoms with Crippen molar-refractivity contribution in [3.8, 4) is 0 Å². The van der Waals surface area contributed by atoms with Crippen LogP contribution in [0, 0.1) is 5.92 Å². The van der Waals surface area contributed by atoms with Crippen molar-refractivity contribution in [2.45, 2.75) is 58.7 Å². The van der Waals surface area contributed by atoms with Gasteiger partial charge in [-0.15, -0.1) is 5.10 Å². The molecule has 0 aromatic carbocycles. The molecule has 138 valence electrons. The van der Waals surface area contributed by atoms with Crippen molar-refractivity contribution in [2.75, 3.05) is 19.6 Å². The minimum absolute atomic E-state index is 0.0877. The highest BCUT2D eigenvalue weighted by molar-refractivity contribution is 6.07. The number of aromatic nitrogens is 4. The second-order valence-corrected chi connectivity index (χ2v) is 7.07. The lowest BCUT2D eigenvalue weighted by Crippen LogP contribution is -2.55. The summed E-state index contributed by atoms with van der Waals surface area (Å²) in [6.45, 7) is 9.35. The van der Waals surface area contributed by atoms with Gasteiger partial charge < -0.3 is 5.32 Å². The van der Waals surface area contributed by atoms with Crippen LogP contribution in [0.4, 0.5) is 4.79 Å². The smallest absolute Gasteiger partial charge is 0.323 e. The van der Waals surface area contributed by atoms with Crippen LogP contribution in [0.15, 0.2) is 0 Å². The molecule has 9 nitrogen and oxygen atoms in total. The highest BCUT2D eigenvalue weighted by Gasteiger charge is 2.52. The molecule has 0 bridgehead atoms. The van der Waals surface area contributed by atoms with Crippen molar-refractivity contribution >= 4 is 11.9 Å². The quantitative estimate of drug-likeness (QED) is 0.757. The Balaban J connectivity index is 1.70. The zero-order valence-corrected chi connectivity index (χ0v) is 15.2. The minimum Gasteiger partial charge on any atom is -0.323 e. The van der Waals surface area contributed by atoms with Crippen molar-refractivity contribution in [1.29, 1.82) is 0 Å². The van der Waals surface area contributed by atoms with E-state index in [1.807, 2.05) is 18.5 Å². The molecule has 2 aliphatic heterocycles. The molecule has 2 saturated heterocycles. The summed E-state index contributed by atoms with van der Waals surface area (Å²) in [5.74, 6) is 0.831. The fraction of sp³-hybridized carbons (Fsp3) is 0.812. The maximum atomic E-state index is 12.7. The van der Waals surface area contributed by atoms with E-state index in [2.05, 4.69) is 32.7 Å². The molecular weight excluding hydrogens is 322 g/mol. The average molecular weight is 349 g/mol. The van der Waals surface area contributed by atoms with Crippen molar-refractivity contribution in [3.63, 3.8) is 0 Å². The Morgan fingerprint density at radius 2 is 2.12 bits per heavy atom. The van der Waals surface area contributed by atoms with Crippen LogP contribution in [0.25, 0.3) is 0 Å². The van der Waals surface area contributed by atoms with Crippen LogP contribution in [0.5, 0.6) is 0 Å². The predicted molar refractivity (Wildman–Crippen MR) is 90.4 cm³/mol. The zero-order chi connectivity index (χ0) is 18.0. The van der Waals surface area contributed by atoms with Gasteiger partial charge in [0.15, 0.2) is 5.82 Å². The second-order valence-electron chi connectivity index (χ2n) is 7.07. The van der Waals surface area contributed by atoms with Crippen molar-refractivity contribution < 1.29 is 9.59 Å². The van der Waals surface area contributed by atoms with E-state index in [4.69, 9.17) is 0 Å². The lowest BCUT2D eigenvalue weighted by atomic mass is 9.80. The monoisotopic (exact) mass is 349 g/mol. The van der Waals surface area contributed by atoms with Gasteiger partial charge in [0.1, 0.15) is 5.54 Å². The first-order chi connectivity index (χ1) is 12.0. The van der Waals surface area contributed by atoms with Crippen LogP contribution in [-0.2, 0) is 17.9 Å². The van der Waals surface area contributed by atoms with E-state index >= 15 is 0 Å². The minimum atomic E-state index is -0.818. The Kier molecular flexibility index (Phi) is 5.03. The predicted octanol–water partition coefficient (Wildman–Crippen LogP) is 0.626. The van der Waals surface area contributed by atoms with E-state index in [1.54, 1.807) is 0 Å². The molecule has 0 aliphatic carbocycles. The fourth-order valence-electron chi connectivity index (χ4n) is 3.87. The first kappa shape index (κ1) is 17.8. The summed E-state index contributed by atoms with van der Waals surface area (Å²) in [5.41, 5.74) is -0.818. The molecular formula is C16H27N7O2. The number of imide groups is 1. The lowest BCUT2D eigenvalue weighted by Gasteiger charge is -2.39. The van der Waals surface area contributed by atoms with Gasteiger partial charge in [-0.3, -0.25) is 14.6 Å². The number of aryl methyl sites for hydroxylation is 1. The summed E-state index contributed by atoms with van der Waals surface area (Å²) < 4.78 is 1.84. The topological polar surface area (TPSA) is 96.2 Å². The van der Waals surface area contributed by atoms with Crippen LogP contribution in [-0.4, -0.2) is 67.1 Å². The average Bonchev–Trinajstić information content (AvgIpc) is 3.11. The summed E-state index contributed by atoms with van der Waals surface area (Å²) in [7, 11) is 0. The number of carbonyl (C=O) groups excluding carboxylic acids is 2. The summed E-state index contributed by atoms with van der Waals surface area (Å²) in [6, 6.07) is -0.279. The molecule has 1 aromatic rings. The molecule has 2 aliphatic rings. The van der Waals surface area contributed by atoms with Gasteiger partial charge in [0, 0.05) is 25.6 Å². The van der Waals surface area contributed by atoms with Gasteiger partial charge in [-0.1, -0.05) is 6.92 Å². The number of rotatable bonds is 6. The van der Waals surface area contributed by atoms with E-state index in [0.29, 0.717) is 13.1 Å². The van der Waals surface area contributed by atoms with Crippen LogP contribution < -0.4 is 5.32 Å². The Hall–Kier alpha value is -2.03. The molecule has 0 saturated carbocycles. The Morgan fingerprint density at radius 3 is 2.80 bits per heavy atom. The van der Waals surface area contributed by atoms with E-state index in [1.165, 1.54) is 4.90 Å². The van der Waals surface area contributed by atoms with Crippen molar-refractivity contribution in [2.24, 2.45) is 5.92 Å². The number of likely N-dealkylation sites (tertiary alicyclic amines) is 1. The largest absolute Gasteiger partial charge is 0.325 e. The number of nitrogens with one attached hydrogen (secondary N) is 1. The number of nitrogens with zero attached hydrogens (tertiary/aromatic N) is 6. The van der Waals surface area contributed by atoms with Gasteiger partial charge in [0.25, 0.3) is 5.91 Å². The molecule has 3 rings (SSSR count). The third kappa shape index (κ3) is 3.24. The van der Waals surface area contributed by atoms with E-state index in [-0.39, 0.29) is 17.9 Å². The van der Waals surface area contributed by atoms with Crippen molar-refractivity contribution in [1.82, 2.24) is 35.3 Å². The number of hydrogen-bond donors (Lipinski definition) is 1. The Morgan fingerprint density at radius 1 is 1.32 bits per heavy atom. The Bertz CT molecular complexity index is 646. The molecule has 25 heavy (non-hydrogen) atoms. The van der Waals surface area contributed by atoms with Crippen LogP contribution in [0.2, 0.25) is 0 Å². The van der Waals surface area contributed by atoms with Crippen LogP contribution in [0.3, 0.4) is 0 Å². The molecule has 2 fully saturated rings. The summed E-state index contributed by atoms with van der Waals surface area (Å²) in [4.78, 5) is 28.4. The number of amides is 3. The van der Waals surface area contributed by atoms with E-state index < -0.39 is 5.54 Å². The van der Waals surface area contributed by atoms with Gasteiger partial charge in [0.05, 0.1) is 6.54 Å². The zero-order valence-electron chi connectivity index (χ0n) is 15.2. The molecule has 1 aromatic heterocycles. The fourth-order valence-corrected chi connectivity index (χ4v) is 3.87. The third-order valence-electron chi connectivity index (χ3n) is 5.35. The van der Waals surface area contributed by atoms with Gasteiger partial charge in [-0.25, -0.2) is 9.48 Å².